The van der Waals surface area contributed by atoms with Gasteiger partial charge in [-0.1, -0.05) is 35.3 Å². The zero-order valence-electron chi connectivity index (χ0n) is 10.6. The third-order valence-corrected chi connectivity index (χ3v) is 4.23. The highest BCUT2D eigenvalue weighted by Crippen LogP contribution is 2.19. The van der Waals surface area contributed by atoms with E-state index < -0.39 is 4.84 Å². The molecule has 0 bridgehead atoms. The molecule has 0 saturated carbocycles. The first-order valence-corrected chi connectivity index (χ1v) is 7.78. The predicted molar refractivity (Wildman–Crippen MR) is 82.1 cm³/mol. The summed E-state index contributed by atoms with van der Waals surface area (Å²) in [6, 6.07) is 7.29. The van der Waals surface area contributed by atoms with Crippen molar-refractivity contribution in [1.29, 1.82) is 0 Å². The maximum absolute atomic E-state index is 12.4. The molecule has 20 heavy (non-hydrogen) atoms. The molecule has 1 aromatic rings. The molecule has 7 heteroatoms. The van der Waals surface area contributed by atoms with Crippen molar-refractivity contribution in [2.75, 3.05) is 26.2 Å². The molecule has 0 aliphatic carbocycles. The molecule has 0 atom stereocenters. The number of carbonyl (C=O) groups excluding carboxylic acids is 2. The number of hydrogen-bond donors (Lipinski definition) is 0. The zero-order chi connectivity index (χ0) is 14.7. The lowest BCUT2D eigenvalue weighted by molar-refractivity contribution is -0.130. The summed E-state index contributed by atoms with van der Waals surface area (Å²) in [5.41, 5.74) is 0.625. The van der Waals surface area contributed by atoms with Gasteiger partial charge in [0.1, 0.15) is 0 Å². The van der Waals surface area contributed by atoms with E-state index in [-0.39, 0.29) is 11.8 Å². The molecule has 2 rings (SSSR count). The molecule has 108 valence electrons. The topological polar surface area (TPSA) is 40.6 Å². The molecular weight excluding hydrogens is 367 g/mol. The summed E-state index contributed by atoms with van der Waals surface area (Å²) in [6.07, 6.45) is 0. The largest absolute Gasteiger partial charge is 0.337 e. The van der Waals surface area contributed by atoms with E-state index in [4.69, 9.17) is 23.2 Å². The van der Waals surface area contributed by atoms with Gasteiger partial charge in [0.2, 0.25) is 0 Å². The first kappa shape index (κ1) is 15.6. The van der Waals surface area contributed by atoms with Crippen LogP contribution in [0.25, 0.3) is 0 Å². The van der Waals surface area contributed by atoms with Crippen molar-refractivity contribution in [3.05, 3.63) is 34.3 Å². The molecule has 1 saturated heterocycles. The third kappa shape index (κ3) is 3.45. The van der Waals surface area contributed by atoms with Gasteiger partial charge in [-0.2, -0.15) is 0 Å². The molecule has 0 N–H and O–H groups in total. The Morgan fingerprint density at radius 3 is 2.15 bits per heavy atom. The average molecular weight is 380 g/mol. The molecule has 1 heterocycles. The molecule has 4 nitrogen and oxygen atoms in total. The molecule has 0 unspecified atom stereocenters. The number of piperazine rings is 1. The van der Waals surface area contributed by atoms with Gasteiger partial charge in [0.05, 0.1) is 5.56 Å². The maximum atomic E-state index is 12.4. The maximum Gasteiger partial charge on any atom is 0.255 e. The number of halogens is 3. The minimum atomic E-state index is -1.04. The molecule has 0 aromatic heterocycles. The summed E-state index contributed by atoms with van der Waals surface area (Å²) >= 11 is 14.5. The molecule has 2 amide bonds. The lowest BCUT2D eigenvalue weighted by atomic mass is 10.2. The summed E-state index contributed by atoms with van der Waals surface area (Å²) in [5, 5.41) is 0. The van der Waals surface area contributed by atoms with Crippen LogP contribution in [-0.2, 0) is 4.79 Å². The van der Waals surface area contributed by atoms with E-state index in [0.717, 1.165) is 4.47 Å². The van der Waals surface area contributed by atoms with E-state index in [9.17, 15) is 9.59 Å². The van der Waals surface area contributed by atoms with Gasteiger partial charge in [-0.3, -0.25) is 9.59 Å². The summed E-state index contributed by atoms with van der Waals surface area (Å²) in [4.78, 5) is 26.3. The second kappa shape index (κ2) is 6.78. The lowest BCUT2D eigenvalue weighted by Gasteiger charge is -2.35. The van der Waals surface area contributed by atoms with Crippen LogP contribution < -0.4 is 0 Å². The van der Waals surface area contributed by atoms with E-state index >= 15 is 0 Å². The van der Waals surface area contributed by atoms with E-state index in [2.05, 4.69) is 15.9 Å². The Labute approximate surface area is 135 Å². The summed E-state index contributed by atoms with van der Waals surface area (Å²) < 4.78 is 0.769. The summed E-state index contributed by atoms with van der Waals surface area (Å²) in [5.74, 6) is -0.348. The molecule has 1 aliphatic heterocycles. The van der Waals surface area contributed by atoms with Crippen molar-refractivity contribution >= 4 is 50.9 Å². The number of alkyl halides is 2. The van der Waals surface area contributed by atoms with E-state index in [1.54, 1.807) is 15.9 Å². The first-order valence-electron chi connectivity index (χ1n) is 6.11. The van der Waals surface area contributed by atoms with Crippen LogP contribution in [0.1, 0.15) is 10.4 Å². The van der Waals surface area contributed by atoms with Gasteiger partial charge in [0.25, 0.3) is 11.8 Å². The van der Waals surface area contributed by atoms with Crippen molar-refractivity contribution in [3.8, 4) is 0 Å². The van der Waals surface area contributed by atoms with Crippen molar-refractivity contribution in [3.63, 3.8) is 0 Å². The van der Waals surface area contributed by atoms with Crippen molar-refractivity contribution in [2.24, 2.45) is 0 Å². The van der Waals surface area contributed by atoms with Gasteiger partial charge in [-0.25, -0.2) is 0 Å². The standard InChI is InChI=1S/C13H13BrCl2N2O2/c14-10-4-2-1-3-9(10)12(19)17-5-7-18(8-6-17)13(20)11(15)16/h1-4,11H,5-8H2. The first-order chi connectivity index (χ1) is 9.50. The van der Waals surface area contributed by atoms with Gasteiger partial charge in [-0.05, 0) is 28.1 Å². The quantitative estimate of drug-likeness (QED) is 0.741. The Morgan fingerprint density at radius 1 is 1.05 bits per heavy atom. The molecule has 0 spiro atoms. The van der Waals surface area contributed by atoms with E-state index in [1.807, 2.05) is 18.2 Å². The van der Waals surface area contributed by atoms with Crippen LogP contribution in [0, 0.1) is 0 Å². The highest BCUT2D eigenvalue weighted by atomic mass is 79.9. The normalized spacial score (nSPS) is 15.6. The fraction of sp³-hybridized carbons (Fsp3) is 0.385. The molecule has 1 aliphatic rings. The van der Waals surface area contributed by atoms with Gasteiger partial charge in [-0.15, -0.1) is 0 Å². The number of hydrogen-bond acceptors (Lipinski definition) is 2. The van der Waals surface area contributed by atoms with Crippen LogP contribution in [0.15, 0.2) is 28.7 Å². The zero-order valence-corrected chi connectivity index (χ0v) is 13.7. The highest BCUT2D eigenvalue weighted by molar-refractivity contribution is 9.10. The minimum absolute atomic E-state index is 0.0436. The molecular formula is C13H13BrCl2N2O2. The SMILES string of the molecule is O=C(c1ccccc1Br)N1CCN(C(=O)C(Cl)Cl)CC1. The third-order valence-electron chi connectivity index (χ3n) is 3.17. The molecule has 0 radical (unpaired) electrons. The Hall–Kier alpha value is -0.780. The summed E-state index contributed by atoms with van der Waals surface area (Å²) in [6.45, 7) is 1.86. The smallest absolute Gasteiger partial charge is 0.255 e. The van der Waals surface area contributed by atoms with Crippen LogP contribution in [-0.4, -0.2) is 52.6 Å². The molecule has 1 fully saturated rings. The number of rotatable bonds is 2. The van der Waals surface area contributed by atoms with Gasteiger partial charge in [0.15, 0.2) is 4.84 Å². The van der Waals surface area contributed by atoms with Crippen LogP contribution >= 0.6 is 39.1 Å². The lowest BCUT2D eigenvalue weighted by Crippen LogP contribution is -2.51. The van der Waals surface area contributed by atoms with Crippen LogP contribution in [0.4, 0.5) is 0 Å². The van der Waals surface area contributed by atoms with Gasteiger partial charge in [0, 0.05) is 30.7 Å². The van der Waals surface area contributed by atoms with Gasteiger partial charge < -0.3 is 9.80 Å². The monoisotopic (exact) mass is 378 g/mol. The Balaban J connectivity index is 1.99. The van der Waals surface area contributed by atoms with E-state index in [1.165, 1.54) is 0 Å². The van der Waals surface area contributed by atoms with Crippen LogP contribution in [0.2, 0.25) is 0 Å². The Kier molecular flexibility index (Phi) is 5.29. The Morgan fingerprint density at radius 2 is 1.60 bits per heavy atom. The number of nitrogens with zero attached hydrogens (tertiary/aromatic N) is 2. The highest BCUT2D eigenvalue weighted by Gasteiger charge is 2.27. The fourth-order valence-corrected chi connectivity index (χ4v) is 2.80. The van der Waals surface area contributed by atoms with Gasteiger partial charge >= 0.3 is 0 Å². The van der Waals surface area contributed by atoms with Crippen molar-refractivity contribution in [2.45, 2.75) is 4.84 Å². The van der Waals surface area contributed by atoms with Crippen molar-refractivity contribution < 1.29 is 9.59 Å². The Bertz CT molecular complexity index is 517. The van der Waals surface area contributed by atoms with Crippen LogP contribution in [0.3, 0.4) is 0 Å². The average Bonchev–Trinajstić information content (AvgIpc) is 2.46. The number of amides is 2. The minimum Gasteiger partial charge on any atom is -0.337 e. The number of benzene rings is 1. The van der Waals surface area contributed by atoms with Crippen LogP contribution in [0.5, 0.6) is 0 Å². The fourth-order valence-electron chi connectivity index (χ4n) is 2.07. The second-order valence-electron chi connectivity index (χ2n) is 4.40. The molecule has 1 aromatic carbocycles. The number of carbonyl (C=O) groups is 2. The van der Waals surface area contributed by atoms with E-state index in [0.29, 0.717) is 31.7 Å². The van der Waals surface area contributed by atoms with Crippen molar-refractivity contribution in [1.82, 2.24) is 9.80 Å². The predicted octanol–water partition coefficient (Wildman–Crippen LogP) is 2.54. The summed E-state index contributed by atoms with van der Waals surface area (Å²) in [7, 11) is 0. The second-order valence-corrected chi connectivity index (χ2v) is 6.35.